The molecule has 3 rings (SSSR count). The first-order valence-corrected chi connectivity index (χ1v) is 7.64. The number of hydrogen-bond donors (Lipinski definition) is 1. The number of benzene rings is 2. The molecule has 1 aromatic heterocycles. The lowest BCUT2D eigenvalue weighted by Gasteiger charge is -2.04. The first kappa shape index (κ1) is 15.9. The monoisotopic (exact) mass is 324 g/mol. The summed E-state index contributed by atoms with van der Waals surface area (Å²) in [7, 11) is 0. The van der Waals surface area contributed by atoms with Crippen molar-refractivity contribution in [1.82, 2.24) is 10.5 Å². The van der Waals surface area contributed by atoms with Gasteiger partial charge in [-0.1, -0.05) is 47.1 Å². The topological polar surface area (TPSA) is 55.1 Å². The van der Waals surface area contributed by atoms with Gasteiger partial charge in [-0.2, -0.15) is 0 Å². The highest BCUT2D eigenvalue weighted by atomic mass is 19.1. The number of rotatable bonds is 5. The Balaban J connectivity index is 1.59. The zero-order valence-electron chi connectivity index (χ0n) is 13.3. The lowest BCUT2D eigenvalue weighted by molar-refractivity contribution is -0.120. The number of nitrogens with zero attached hydrogens (tertiary/aromatic N) is 1. The van der Waals surface area contributed by atoms with Crippen LogP contribution in [0.15, 0.2) is 59.1 Å². The molecule has 122 valence electrons. The van der Waals surface area contributed by atoms with Crippen molar-refractivity contribution >= 4 is 5.91 Å². The second-order valence-corrected chi connectivity index (χ2v) is 5.60. The van der Waals surface area contributed by atoms with Crippen LogP contribution in [0, 0.1) is 12.7 Å². The predicted molar refractivity (Wildman–Crippen MR) is 88.6 cm³/mol. The average molecular weight is 324 g/mol. The summed E-state index contributed by atoms with van der Waals surface area (Å²) in [5.41, 5.74) is 2.97. The van der Waals surface area contributed by atoms with Crippen molar-refractivity contribution in [1.29, 1.82) is 0 Å². The predicted octanol–water partition coefficient (Wildman–Crippen LogP) is 3.65. The van der Waals surface area contributed by atoms with Crippen molar-refractivity contribution in [3.05, 3.63) is 77.2 Å². The molecule has 0 radical (unpaired) electrons. The minimum absolute atomic E-state index is 0.101. The molecular weight excluding hydrogens is 307 g/mol. The van der Waals surface area contributed by atoms with Crippen molar-refractivity contribution < 1.29 is 13.7 Å². The maximum atomic E-state index is 13.7. The summed E-state index contributed by atoms with van der Waals surface area (Å²) >= 11 is 0. The van der Waals surface area contributed by atoms with Gasteiger partial charge in [0.2, 0.25) is 5.91 Å². The molecule has 1 amide bonds. The molecule has 0 saturated carbocycles. The number of carbonyl (C=O) groups is 1. The fourth-order valence-electron chi connectivity index (χ4n) is 2.44. The van der Waals surface area contributed by atoms with Crippen LogP contribution < -0.4 is 5.32 Å². The molecule has 5 heteroatoms. The van der Waals surface area contributed by atoms with E-state index in [4.69, 9.17) is 4.52 Å². The van der Waals surface area contributed by atoms with Crippen LogP contribution in [0.25, 0.3) is 11.3 Å². The quantitative estimate of drug-likeness (QED) is 0.779. The molecular formula is C19H17FN2O2. The normalized spacial score (nSPS) is 10.6. The molecule has 0 aliphatic carbocycles. The van der Waals surface area contributed by atoms with Crippen molar-refractivity contribution in [3.8, 4) is 11.3 Å². The largest absolute Gasteiger partial charge is 0.356 e. The van der Waals surface area contributed by atoms with Gasteiger partial charge in [-0.25, -0.2) is 4.39 Å². The summed E-state index contributed by atoms with van der Waals surface area (Å²) in [4.78, 5) is 12.0. The van der Waals surface area contributed by atoms with E-state index in [1.54, 1.807) is 24.3 Å². The summed E-state index contributed by atoms with van der Waals surface area (Å²) in [6.45, 7) is 2.23. The molecule has 0 spiro atoms. The maximum Gasteiger partial charge on any atom is 0.224 e. The first-order valence-electron chi connectivity index (χ1n) is 7.64. The Kier molecular flexibility index (Phi) is 4.70. The molecule has 0 atom stereocenters. The number of aromatic nitrogens is 1. The summed E-state index contributed by atoms with van der Waals surface area (Å²) in [6, 6.07) is 15.8. The molecule has 2 aromatic carbocycles. The van der Waals surface area contributed by atoms with Gasteiger partial charge in [-0.15, -0.1) is 0 Å². The van der Waals surface area contributed by atoms with Gasteiger partial charge in [0.05, 0.1) is 18.5 Å². The van der Waals surface area contributed by atoms with Gasteiger partial charge in [0.25, 0.3) is 0 Å². The Labute approximate surface area is 139 Å². The number of carbonyl (C=O) groups excluding carboxylic acids is 1. The molecule has 0 saturated heterocycles. The number of nitrogens with one attached hydrogen (secondary N) is 1. The van der Waals surface area contributed by atoms with E-state index in [1.807, 2.05) is 31.2 Å². The zero-order chi connectivity index (χ0) is 16.9. The van der Waals surface area contributed by atoms with E-state index in [0.717, 1.165) is 11.1 Å². The minimum atomic E-state index is -0.372. The first-order chi connectivity index (χ1) is 11.6. The second-order valence-electron chi connectivity index (χ2n) is 5.60. The highest BCUT2D eigenvalue weighted by molar-refractivity contribution is 5.78. The van der Waals surface area contributed by atoms with Gasteiger partial charge in [0, 0.05) is 6.07 Å². The lowest BCUT2D eigenvalue weighted by atomic mass is 10.1. The average Bonchev–Trinajstić information content (AvgIpc) is 3.02. The van der Waals surface area contributed by atoms with Crippen LogP contribution >= 0.6 is 0 Å². The van der Waals surface area contributed by atoms with E-state index < -0.39 is 0 Å². The van der Waals surface area contributed by atoms with Crippen LogP contribution in [-0.4, -0.2) is 11.1 Å². The Morgan fingerprint density at radius 2 is 2.00 bits per heavy atom. The highest BCUT2D eigenvalue weighted by Gasteiger charge is 2.11. The van der Waals surface area contributed by atoms with Gasteiger partial charge in [-0.3, -0.25) is 4.79 Å². The van der Waals surface area contributed by atoms with Crippen molar-refractivity contribution in [2.45, 2.75) is 19.9 Å². The molecule has 0 bridgehead atoms. The molecule has 0 aliphatic heterocycles. The van der Waals surface area contributed by atoms with E-state index in [9.17, 15) is 9.18 Å². The third kappa shape index (κ3) is 3.87. The molecule has 1 N–H and O–H groups in total. The SMILES string of the molecule is Cc1cccc(CC(=O)NCc2cc(-c3ccccc3F)on2)c1. The van der Waals surface area contributed by atoms with Crippen LogP contribution in [0.5, 0.6) is 0 Å². The van der Waals surface area contributed by atoms with E-state index in [-0.39, 0.29) is 18.3 Å². The molecule has 0 fully saturated rings. The van der Waals surface area contributed by atoms with Gasteiger partial charge < -0.3 is 9.84 Å². The molecule has 0 unspecified atom stereocenters. The van der Waals surface area contributed by atoms with E-state index in [0.29, 0.717) is 23.4 Å². The lowest BCUT2D eigenvalue weighted by Crippen LogP contribution is -2.24. The van der Waals surface area contributed by atoms with Crippen LogP contribution in [0.1, 0.15) is 16.8 Å². The van der Waals surface area contributed by atoms with Gasteiger partial charge in [0.15, 0.2) is 5.76 Å². The van der Waals surface area contributed by atoms with Crippen LogP contribution in [0.4, 0.5) is 4.39 Å². The summed E-state index contributed by atoms with van der Waals surface area (Å²) < 4.78 is 18.9. The molecule has 0 aliphatic rings. The fraction of sp³-hybridized carbons (Fsp3) is 0.158. The standard InChI is InChI=1S/C19H17FN2O2/c1-13-5-4-6-14(9-13)10-19(23)21-12-15-11-18(24-22-15)16-7-2-3-8-17(16)20/h2-9,11H,10,12H2,1H3,(H,21,23). The number of hydrogen-bond acceptors (Lipinski definition) is 3. The summed E-state index contributed by atoms with van der Waals surface area (Å²) in [6.07, 6.45) is 0.305. The number of amides is 1. The van der Waals surface area contributed by atoms with E-state index in [1.165, 1.54) is 6.07 Å². The Hall–Kier alpha value is -2.95. The van der Waals surface area contributed by atoms with Crippen LogP contribution in [-0.2, 0) is 17.8 Å². The van der Waals surface area contributed by atoms with Crippen molar-refractivity contribution in [2.75, 3.05) is 0 Å². The van der Waals surface area contributed by atoms with Gasteiger partial charge in [0.1, 0.15) is 11.5 Å². The van der Waals surface area contributed by atoms with Gasteiger partial charge >= 0.3 is 0 Å². The molecule has 1 heterocycles. The maximum absolute atomic E-state index is 13.7. The van der Waals surface area contributed by atoms with Crippen LogP contribution in [0.2, 0.25) is 0 Å². The number of halogens is 1. The molecule has 3 aromatic rings. The Bertz CT molecular complexity index is 858. The third-order valence-corrected chi connectivity index (χ3v) is 3.61. The van der Waals surface area contributed by atoms with Crippen molar-refractivity contribution in [2.24, 2.45) is 0 Å². The minimum Gasteiger partial charge on any atom is -0.356 e. The Morgan fingerprint density at radius 1 is 1.17 bits per heavy atom. The van der Waals surface area contributed by atoms with E-state index in [2.05, 4.69) is 10.5 Å². The van der Waals surface area contributed by atoms with Crippen LogP contribution in [0.3, 0.4) is 0 Å². The summed E-state index contributed by atoms with van der Waals surface area (Å²) in [5.74, 6) is -0.129. The van der Waals surface area contributed by atoms with E-state index >= 15 is 0 Å². The number of aryl methyl sites for hydroxylation is 1. The zero-order valence-corrected chi connectivity index (χ0v) is 13.3. The Morgan fingerprint density at radius 3 is 2.79 bits per heavy atom. The van der Waals surface area contributed by atoms with Crippen molar-refractivity contribution in [3.63, 3.8) is 0 Å². The second kappa shape index (κ2) is 7.08. The smallest absolute Gasteiger partial charge is 0.224 e. The van der Waals surface area contributed by atoms with Gasteiger partial charge in [-0.05, 0) is 24.6 Å². The fourth-order valence-corrected chi connectivity index (χ4v) is 2.44. The highest BCUT2D eigenvalue weighted by Crippen LogP contribution is 2.23. The third-order valence-electron chi connectivity index (χ3n) is 3.61. The molecule has 4 nitrogen and oxygen atoms in total. The molecule has 24 heavy (non-hydrogen) atoms. The summed E-state index contributed by atoms with van der Waals surface area (Å²) in [5, 5.41) is 6.66.